The minimum Gasteiger partial charge on any atom is -0.455 e. The van der Waals surface area contributed by atoms with Gasteiger partial charge in [0.1, 0.15) is 27.1 Å². The number of fused-ring (bicyclic) bond motifs is 2. The third-order valence-corrected chi connectivity index (χ3v) is 8.08. The third kappa shape index (κ3) is 3.71. The van der Waals surface area contributed by atoms with E-state index in [1.807, 2.05) is 4.57 Å². The van der Waals surface area contributed by atoms with E-state index >= 15 is 0 Å². The standard InChI is InChI=1S/C19H18FN3O5S2/c1-13-9-16-19(29(24,25)18-10-14(20)3-4-15(18)28-16)11-17(13)30(26,27)22-5-2-7-23-8-6-21-12-23/h3-4,6,8-12,22H,2,5,7H2,1H3. The Balaban J connectivity index is 1.62. The van der Waals surface area contributed by atoms with Crippen molar-refractivity contribution in [1.29, 1.82) is 0 Å². The number of halogens is 1. The van der Waals surface area contributed by atoms with Crippen LogP contribution in [0.25, 0.3) is 0 Å². The highest BCUT2D eigenvalue weighted by molar-refractivity contribution is 7.92. The van der Waals surface area contributed by atoms with E-state index in [1.165, 1.54) is 12.1 Å². The molecule has 0 saturated heterocycles. The fourth-order valence-corrected chi connectivity index (χ4v) is 6.12. The number of rotatable bonds is 6. The summed E-state index contributed by atoms with van der Waals surface area (Å²) in [5.41, 5.74) is 0.330. The van der Waals surface area contributed by atoms with Gasteiger partial charge in [-0.25, -0.2) is 30.9 Å². The van der Waals surface area contributed by atoms with E-state index in [9.17, 15) is 21.2 Å². The Morgan fingerprint density at radius 1 is 1.17 bits per heavy atom. The zero-order valence-electron chi connectivity index (χ0n) is 15.9. The van der Waals surface area contributed by atoms with Gasteiger partial charge in [-0.3, -0.25) is 0 Å². The lowest BCUT2D eigenvalue weighted by Gasteiger charge is -2.22. The van der Waals surface area contributed by atoms with Crippen molar-refractivity contribution < 1.29 is 26.0 Å². The second kappa shape index (κ2) is 7.49. The van der Waals surface area contributed by atoms with E-state index < -0.39 is 25.7 Å². The smallest absolute Gasteiger partial charge is 0.240 e. The second-order valence-electron chi connectivity index (χ2n) is 6.81. The number of imidazole rings is 1. The number of hydrogen-bond donors (Lipinski definition) is 1. The molecule has 2 aromatic carbocycles. The highest BCUT2D eigenvalue weighted by atomic mass is 32.2. The molecule has 0 atom stereocenters. The molecule has 11 heteroatoms. The molecule has 158 valence electrons. The van der Waals surface area contributed by atoms with Crippen LogP contribution in [0.1, 0.15) is 12.0 Å². The SMILES string of the molecule is Cc1cc2c(cc1S(=O)(=O)NCCCn1ccnc1)S(=O)(=O)c1cc(F)ccc1O2. The van der Waals surface area contributed by atoms with Crippen molar-refractivity contribution in [3.05, 3.63) is 60.4 Å². The van der Waals surface area contributed by atoms with Gasteiger partial charge in [0, 0.05) is 25.5 Å². The topological polar surface area (TPSA) is 107 Å². The van der Waals surface area contributed by atoms with Crippen LogP contribution in [0.3, 0.4) is 0 Å². The van der Waals surface area contributed by atoms with Crippen LogP contribution in [0, 0.1) is 12.7 Å². The van der Waals surface area contributed by atoms with Gasteiger partial charge in [0.05, 0.1) is 11.2 Å². The second-order valence-corrected chi connectivity index (χ2v) is 10.4. The Labute approximate surface area is 173 Å². The van der Waals surface area contributed by atoms with Crippen molar-refractivity contribution >= 4 is 19.9 Å². The molecule has 0 saturated carbocycles. The minimum atomic E-state index is -4.15. The molecule has 1 aliphatic heterocycles. The van der Waals surface area contributed by atoms with Gasteiger partial charge < -0.3 is 9.30 Å². The number of sulfonamides is 1. The Morgan fingerprint density at radius 2 is 1.93 bits per heavy atom. The van der Waals surface area contributed by atoms with Gasteiger partial charge in [0.15, 0.2) is 0 Å². The lowest BCUT2D eigenvalue weighted by atomic mass is 10.2. The lowest BCUT2D eigenvalue weighted by molar-refractivity contribution is 0.438. The fraction of sp³-hybridized carbons (Fsp3) is 0.211. The normalized spacial score (nSPS) is 14.6. The first-order chi connectivity index (χ1) is 14.2. The summed E-state index contributed by atoms with van der Waals surface area (Å²) in [4.78, 5) is 3.09. The van der Waals surface area contributed by atoms with Gasteiger partial charge in [0.25, 0.3) is 0 Å². The predicted molar refractivity (Wildman–Crippen MR) is 105 cm³/mol. The number of aryl methyl sites for hydroxylation is 2. The summed E-state index contributed by atoms with van der Waals surface area (Å²) in [5, 5.41) is 0. The molecule has 1 N–H and O–H groups in total. The minimum absolute atomic E-state index is 0.00321. The molecule has 0 amide bonds. The predicted octanol–water partition coefficient (Wildman–Crippen LogP) is 2.64. The van der Waals surface area contributed by atoms with E-state index in [-0.39, 0.29) is 32.7 Å². The third-order valence-electron chi connectivity index (χ3n) is 4.68. The lowest BCUT2D eigenvalue weighted by Crippen LogP contribution is -2.26. The zero-order valence-corrected chi connectivity index (χ0v) is 17.5. The highest BCUT2D eigenvalue weighted by Gasteiger charge is 2.34. The molecule has 1 aromatic heterocycles. The largest absolute Gasteiger partial charge is 0.455 e. The zero-order chi connectivity index (χ0) is 21.5. The van der Waals surface area contributed by atoms with E-state index in [0.29, 0.717) is 18.5 Å². The number of nitrogens with zero attached hydrogens (tertiary/aromatic N) is 2. The van der Waals surface area contributed by atoms with Gasteiger partial charge in [-0.05, 0) is 49.2 Å². The molecule has 0 spiro atoms. The molecule has 0 bridgehead atoms. The van der Waals surface area contributed by atoms with Crippen LogP contribution in [-0.2, 0) is 26.4 Å². The van der Waals surface area contributed by atoms with Gasteiger partial charge in [0.2, 0.25) is 19.9 Å². The van der Waals surface area contributed by atoms with E-state index in [2.05, 4.69) is 9.71 Å². The summed E-state index contributed by atoms with van der Waals surface area (Å²) in [7, 11) is -8.12. The first-order valence-electron chi connectivity index (χ1n) is 9.01. The Morgan fingerprint density at radius 3 is 2.67 bits per heavy atom. The number of aromatic nitrogens is 2. The first-order valence-corrected chi connectivity index (χ1v) is 12.0. The molecule has 1 aliphatic rings. The fourth-order valence-electron chi connectivity index (χ4n) is 3.20. The van der Waals surface area contributed by atoms with Crippen LogP contribution < -0.4 is 9.46 Å². The van der Waals surface area contributed by atoms with Crippen LogP contribution in [0.5, 0.6) is 11.5 Å². The molecule has 0 aliphatic carbocycles. The Kier molecular flexibility index (Phi) is 5.12. The molecule has 2 heterocycles. The van der Waals surface area contributed by atoms with E-state index in [4.69, 9.17) is 4.74 Å². The van der Waals surface area contributed by atoms with Crippen molar-refractivity contribution in [2.24, 2.45) is 0 Å². The monoisotopic (exact) mass is 451 g/mol. The molecule has 3 aromatic rings. The number of benzene rings is 2. The summed E-state index contributed by atoms with van der Waals surface area (Å²) in [6.45, 7) is 2.29. The summed E-state index contributed by atoms with van der Waals surface area (Å²) < 4.78 is 75.0. The van der Waals surface area contributed by atoms with Gasteiger partial charge in [-0.1, -0.05) is 0 Å². The average Bonchev–Trinajstić information content (AvgIpc) is 3.19. The van der Waals surface area contributed by atoms with Gasteiger partial charge in [-0.2, -0.15) is 0 Å². The molecular weight excluding hydrogens is 433 g/mol. The molecular formula is C19H18FN3O5S2. The molecule has 0 unspecified atom stereocenters. The van der Waals surface area contributed by atoms with Crippen LogP contribution >= 0.6 is 0 Å². The quantitative estimate of drug-likeness (QED) is 0.452. The maximum absolute atomic E-state index is 13.6. The Hall–Kier alpha value is -2.76. The van der Waals surface area contributed by atoms with E-state index in [0.717, 1.165) is 18.2 Å². The van der Waals surface area contributed by atoms with Crippen molar-refractivity contribution in [3.8, 4) is 11.5 Å². The van der Waals surface area contributed by atoms with Crippen molar-refractivity contribution in [3.63, 3.8) is 0 Å². The molecule has 0 fully saturated rings. The highest BCUT2D eigenvalue weighted by Crippen LogP contribution is 2.44. The molecule has 8 nitrogen and oxygen atoms in total. The van der Waals surface area contributed by atoms with E-state index in [1.54, 1.807) is 25.6 Å². The van der Waals surface area contributed by atoms with Crippen molar-refractivity contribution in [2.75, 3.05) is 6.54 Å². The number of nitrogens with one attached hydrogen (secondary N) is 1. The van der Waals surface area contributed by atoms with Crippen molar-refractivity contribution in [2.45, 2.75) is 34.6 Å². The maximum atomic E-state index is 13.6. The molecule has 0 radical (unpaired) electrons. The summed E-state index contributed by atoms with van der Waals surface area (Å²) in [6.07, 6.45) is 5.56. The van der Waals surface area contributed by atoms with Crippen LogP contribution in [-0.4, -0.2) is 32.9 Å². The summed E-state index contributed by atoms with van der Waals surface area (Å²) in [6, 6.07) is 5.60. The molecule has 4 rings (SSSR count). The maximum Gasteiger partial charge on any atom is 0.240 e. The summed E-state index contributed by atoms with van der Waals surface area (Å²) in [5.74, 6) is -0.730. The van der Waals surface area contributed by atoms with Gasteiger partial charge >= 0.3 is 0 Å². The van der Waals surface area contributed by atoms with Crippen LogP contribution in [0.4, 0.5) is 4.39 Å². The average molecular weight is 452 g/mol. The molecule has 30 heavy (non-hydrogen) atoms. The number of sulfone groups is 1. The van der Waals surface area contributed by atoms with Crippen LogP contribution in [0.15, 0.2) is 63.7 Å². The van der Waals surface area contributed by atoms with Crippen molar-refractivity contribution in [1.82, 2.24) is 14.3 Å². The van der Waals surface area contributed by atoms with Gasteiger partial charge in [-0.15, -0.1) is 0 Å². The summed E-state index contributed by atoms with van der Waals surface area (Å²) >= 11 is 0. The first kappa shape index (κ1) is 20.5. The number of hydrogen-bond acceptors (Lipinski definition) is 6. The Bertz CT molecular complexity index is 1320. The number of ether oxygens (including phenoxy) is 1. The van der Waals surface area contributed by atoms with Crippen LogP contribution in [0.2, 0.25) is 0 Å².